The minimum Gasteiger partial charge on any atom is -0.353 e. The van der Waals surface area contributed by atoms with Gasteiger partial charge in [0.25, 0.3) is 0 Å². The smallest absolute Gasteiger partial charge is 0.143 e. The predicted octanol–water partition coefficient (Wildman–Crippen LogP) is 3.03. The van der Waals surface area contributed by atoms with E-state index in [0.29, 0.717) is 17.1 Å². The van der Waals surface area contributed by atoms with E-state index in [9.17, 15) is 0 Å². The molecule has 1 fully saturated rings. The molecule has 0 saturated carbocycles. The van der Waals surface area contributed by atoms with Gasteiger partial charge in [0.05, 0.1) is 9.50 Å². The van der Waals surface area contributed by atoms with Crippen LogP contribution in [0.1, 0.15) is 13.8 Å². The fourth-order valence-electron chi connectivity index (χ4n) is 2.22. The Morgan fingerprint density at radius 1 is 1.35 bits per heavy atom. The zero-order chi connectivity index (χ0) is 12.6. The molecule has 0 radical (unpaired) electrons. The number of hydrogen-bond acceptors (Lipinski definition) is 3. The van der Waals surface area contributed by atoms with E-state index in [2.05, 4.69) is 51.6 Å². The average Bonchev–Trinajstić information content (AvgIpc) is 2.25. The third-order valence-electron chi connectivity index (χ3n) is 3.45. The number of likely N-dealkylation sites (N-methyl/N-ethyl adjacent to an activating group) is 1. The molecule has 1 aliphatic rings. The van der Waals surface area contributed by atoms with E-state index in [1.54, 1.807) is 6.20 Å². The largest absolute Gasteiger partial charge is 0.353 e. The summed E-state index contributed by atoms with van der Waals surface area (Å²) in [6.07, 6.45) is 1.70. The lowest BCUT2D eigenvalue weighted by molar-refractivity contribution is 0.169. The lowest BCUT2D eigenvalue weighted by Crippen LogP contribution is -2.55. The van der Waals surface area contributed by atoms with Crippen molar-refractivity contribution in [2.24, 2.45) is 0 Å². The second-order valence-electron chi connectivity index (χ2n) is 4.73. The molecule has 0 aromatic carbocycles. The van der Waals surface area contributed by atoms with Crippen molar-refractivity contribution in [2.75, 3.05) is 25.0 Å². The Morgan fingerprint density at radius 3 is 2.47 bits per heavy atom. The van der Waals surface area contributed by atoms with Crippen molar-refractivity contribution >= 4 is 33.3 Å². The second kappa shape index (κ2) is 5.12. The van der Waals surface area contributed by atoms with Crippen LogP contribution in [0.5, 0.6) is 0 Å². The summed E-state index contributed by atoms with van der Waals surface area (Å²) in [6.45, 7) is 6.47. The number of pyridine rings is 1. The molecule has 2 heterocycles. The maximum Gasteiger partial charge on any atom is 0.143 e. The van der Waals surface area contributed by atoms with Gasteiger partial charge in [-0.1, -0.05) is 11.6 Å². The van der Waals surface area contributed by atoms with Crippen LogP contribution < -0.4 is 4.90 Å². The van der Waals surface area contributed by atoms with Gasteiger partial charge in [-0.3, -0.25) is 4.90 Å². The van der Waals surface area contributed by atoms with Gasteiger partial charge in [0.2, 0.25) is 0 Å². The number of rotatable bonds is 1. The van der Waals surface area contributed by atoms with Crippen LogP contribution in [0.15, 0.2) is 16.7 Å². The number of nitrogens with zero attached hydrogens (tertiary/aromatic N) is 3. The number of aromatic nitrogens is 1. The van der Waals surface area contributed by atoms with E-state index in [1.165, 1.54) is 0 Å². The maximum atomic E-state index is 5.92. The molecule has 0 bridgehead atoms. The van der Waals surface area contributed by atoms with Gasteiger partial charge in [-0.15, -0.1) is 0 Å². The molecule has 2 unspecified atom stereocenters. The van der Waals surface area contributed by atoms with E-state index in [-0.39, 0.29) is 0 Å². The van der Waals surface area contributed by atoms with E-state index in [0.717, 1.165) is 23.4 Å². The fraction of sp³-hybridized carbons (Fsp3) is 0.583. The Bertz CT molecular complexity index is 401. The van der Waals surface area contributed by atoms with Crippen LogP contribution in [-0.4, -0.2) is 42.1 Å². The van der Waals surface area contributed by atoms with Crippen molar-refractivity contribution in [3.63, 3.8) is 0 Å². The monoisotopic (exact) mass is 317 g/mol. The van der Waals surface area contributed by atoms with E-state index < -0.39 is 0 Å². The van der Waals surface area contributed by atoms with Gasteiger partial charge in [-0.05, 0) is 42.9 Å². The summed E-state index contributed by atoms with van der Waals surface area (Å²) in [4.78, 5) is 9.14. The normalized spacial score (nSPS) is 26.3. The molecule has 1 aromatic rings. The Hall–Kier alpha value is -0.320. The average molecular weight is 319 g/mol. The highest BCUT2D eigenvalue weighted by molar-refractivity contribution is 9.10. The van der Waals surface area contributed by atoms with E-state index in [1.807, 2.05) is 6.07 Å². The lowest BCUT2D eigenvalue weighted by atomic mass is 10.1. The zero-order valence-corrected chi connectivity index (χ0v) is 12.7. The van der Waals surface area contributed by atoms with Crippen LogP contribution in [0.3, 0.4) is 0 Å². The molecular formula is C12H17BrClN3. The molecule has 0 spiro atoms. The van der Waals surface area contributed by atoms with Crippen molar-refractivity contribution in [3.05, 3.63) is 21.8 Å². The molecule has 1 saturated heterocycles. The summed E-state index contributed by atoms with van der Waals surface area (Å²) in [5, 5.41) is 0.663. The standard InChI is InChI=1S/C12H17BrClN3/c1-8-6-17(7-9(2)16(8)3)12-11(13)4-10(14)5-15-12/h4-5,8-9H,6-7H2,1-3H3. The highest BCUT2D eigenvalue weighted by atomic mass is 79.9. The third-order valence-corrected chi connectivity index (χ3v) is 4.24. The van der Waals surface area contributed by atoms with Crippen LogP contribution in [-0.2, 0) is 0 Å². The predicted molar refractivity (Wildman–Crippen MR) is 75.8 cm³/mol. The highest BCUT2D eigenvalue weighted by Gasteiger charge is 2.28. The summed E-state index contributed by atoms with van der Waals surface area (Å²) in [6, 6.07) is 2.96. The van der Waals surface area contributed by atoms with Crippen LogP contribution in [0.4, 0.5) is 5.82 Å². The summed E-state index contributed by atoms with van der Waals surface area (Å²) < 4.78 is 0.967. The van der Waals surface area contributed by atoms with Crippen molar-refractivity contribution < 1.29 is 0 Å². The van der Waals surface area contributed by atoms with Gasteiger partial charge < -0.3 is 4.90 Å². The number of anilines is 1. The molecular weight excluding hydrogens is 302 g/mol. The van der Waals surface area contributed by atoms with Crippen LogP contribution in [0.2, 0.25) is 5.02 Å². The molecule has 17 heavy (non-hydrogen) atoms. The summed E-state index contributed by atoms with van der Waals surface area (Å²) in [7, 11) is 2.18. The molecule has 0 amide bonds. The first-order chi connectivity index (χ1) is 7.99. The van der Waals surface area contributed by atoms with Crippen LogP contribution >= 0.6 is 27.5 Å². The van der Waals surface area contributed by atoms with Crippen molar-refractivity contribution in [1.82, 2.24) is 9.88 Å². The SMILES string of the molecule is CC1CN(c2ncc(Cl)cc2Br)CC(C)N1C. The molecule has 3 nitrogen and oxygen atoms in total. The molecule has 2 atom stereocenters. The van der Waals surface area contributed by atoms with Crippen LogP contribution in [0.25, 0.3) is 0 Å². The van der Waals surface area contributed by atoms with Gasteiger partial charge in [0, 0.05) is 31.4 Å². The van der Waals surface area contributed by atoms with Gasteiger partial charge in [0.1, 0.15) is 5.82 Å². The molecule has 5 heteroatoms. The molecule has 1 aromatic heterocycles. The van der Waals surface area contributed by atoms with Crippen molar-refractivity contribution in [2.45, 2.75) is 25.9 Å². The topological polar surface area (TPSA) is 19.4 Å². The number of hydrogen-bond donors (Lipinski definition) is 0. The molecule has 94 valence electrons. The Kier molecular flexibility index (Phi) is 3.95. The minimum atomic E-state index is 0.531. The van der Waals surface area contributed by atoms with Gasteiger partial charge in [0.15, 0.2) is 0 Å². The van der Waals surface area contributed by atoms with Gasteiger partial charge in [-0.25, -0.2) is 4.98 Å². The Balaban J connectivity index is 2.23. The fourth-order valence-corrected chi connectivity index (χ4v) is 3.11. The zero-order valence-electron chi connectivity index (χ0n) is 10.3. The molecule has 0 N–H and O–H groups in total. The summed E-state index contributed by atoms with van der Waals surface area (Å²) in [5.41, 5.74) is 0. The molecule has 1 aliphatic heterocycles. The summed E-state index contributed by atoms with van der Waals surface area (Å²) in [5.74, 6) is 0.987. The Labute approximate surface area is 116 Å². The first-order valence-electron chi connectivity index (χ1n) is 5.77. The first-order valence-corrected chi connectivity index (χ1v) is 6.94. The van der Waals surface area contributed by atoms with Crippen molar-refractivity contribution in [1.29, 1.82) is 0 Å². The van der Waals surface area contributed by atoms with E-state index >= 15 is 0 Å². The minimum absolute atomic E-state index is 0.531. The van der Waals surface area contributed by atoms with E-state index in [4.69, 9.17) is 11.6 Å². The number of halogens is 2. The number of piperazine rings is 1. The highest BCUT2D eigenvalue weighted by Crippen LogP contribution is 2.28. The van der Waals surface area contributed by atoms with Crippen molar-refractivity contribution in [3.8, 4) is 0 Å². The second-order valence-corrected chi connectivity index (χ2v) is 6.02. The molecule has 0 aliphatic carbocycles. The van der Waals surface area contributed by atoms with Gasteiger partial charge in [-0.2, -0.15) is 0 Å². The van der Waals surface area contributed by atoms with Crippen LogP contribution in [0, 0.1) is 0 Å². The summed E-state index contributed by atoms with van der Waals surface area (Å²) >= 11 is 9.45. The first kappa shape index (κ1) is 13.1. The lowest BCUT2D eigenvalue weighted by Gasteiger charge is -2.43. The quantitative estimate of drug-likeness (QED) is 0.793. The maximum absolute atomic E-state index is 5.92. The van der Waals surface area contributed by atoms with Gasteiger partial charge >= 0.3 is 0 Å². The third kappa shape index (κ3) is 2.75. The Morgan fingerprint density at radius 2 is 1.94 bits per heavy atom. The molecule has 2 rings (SSSR count).